The molecule has 0 spiro atoms. The fraction of sp³-hybridized carbons (Fsp3) is 0.625. The molecule has 2 aliphatic rings. The molecule has 20 heavy (non-hydrogen) atoms. The summed E-state index contributed by atoms with van der Waals surface area (Å²) in [5, 5.41) is 1.16. The van der Waals surface area contributed by atoms with Gasteiger partial charge in [-0.15, -0.1) is 11.3 Å². The van der Waals surface area contributed by atoms with E-state index in [-0.39, 0.29) is 0 Å². The fourth-order valence-electron chi connectivity index (χ4n) is 3.90. The smallest absolute Gasteiger partial charge is 0.136 e. The van der Waals surface area contributed by atoms with Gasteiger partial charge in [0, 0.05) is 10.8 Å². The lowest BCUT2D eigenvalue weighted by molar-refractivity contribution is 0.517. The van der Waals surface area contributed by atoms with Crippen LogP contribution in [0.3, 0.4) is 0 Å². The van der Waals surface area contributed by atoms with E-state index >= 15 is 0 Å². The third-order valence-electron chi connectivity index (χ3n) is 5.09. The van der Waals surface area contributed by atoms with Gasteiger partial charge in [-0.1, -0.05) is 13.3 Å². The van der Waals surface area contributed by atoms with E-state index < -0.39 is 0 Å². The number of hydrogen-bond acceptors (Lipinski definition) is 4. The highest BCUT2D eigenvalue weighted by atomic mass is 32.1. The molecule has 1 saturated carbocycles. The van der Waals surface area contributed by atoms with Crippen molar-refractivity contribution in [2.75, 3.05) is 5.73 Å². The summed E-state index contributed by atoms with van der Waals surface area (Å²) in [5.74, 6) is 3.12. The normalized spacial score (nSPS) is 25.4. The summed E-state index contributed by atoms with van der Waals surface area (Å²) < 4.78 is 0. The second-order valence-electron chi connectivity index (χ2n) is 6.29. The lowest BCUT2D eigenvalue weighted by Gasteiger charge is -2.10. The molecular weight excluding hydrogens is 266 g/mol. The molecule has 0 amide bonds. The molecule has 1 fully saturated rings. The van der Waals surface area contributed by atoms with Gasteiger partial charge in [-0.3, -0.25) is 0 Å². The first-order chi connectivity index (χ1) is 9.76. The Morgan fingerprint density at radius 2 is 2.15 bits per heavy atom. The van der Waals surface area contributed by atoms with E-state index in [0.29, 0.717) is 5.92 Å². The highest BCUT2D eigenvalue weighted by molar-refractivity contribution is 7.19. The molecule has 2 atom stereocenters. The van der Waals surface area contributed by atoms with Crippen molar-refractivity contribution >= 4 is 27.4 Å². The summed E-state index contributed by atoms with van der Waals surface area (Å²) in [6, 6.07) is 0. The van der Waals surface area contributed by atoms with Gasteiger partial charge in [0.1, 0.15) is 16.5 Å². The Balaban J connectivity index is 1.76. The number of anilines is 1. The maximum Gasteiger partial charge on any atom is 0.136 e. The number of rotatable bonds is 2. The Morgan fingerprint density at radius 3 is 2.95 bits per heavy atom. The van der Waals surface area contributed by atoms with Crippen molar-refractivity contribution in [3.63, 3.8) is 0 Å². The maximum absolute atomic E-state index is 6.26. The first kappa shape index (κ1) is 12.6. The van der Waals surface area contributed by atoms with Gasteiger partial charge in [0.2, 0.25) is 0 Å². The van der Waals surface area contributed by atoms with E-state index in [9.17, 15) is 0 Å². The number of aryl methyl sites for hydroxylation is 2. The molecular formula is C16H21N3S. The van der Waals surface area contributed by atoms with Crippen molar-refractivity contribution in [2.45, 2.75) is 57.8 Å². The summed E-state index contributed by atoms with van der Waals surface area (Å²) in [7, 11) is 0. The molecule has 2 aromatic rings. The van der Waals surface area contributed by atoms with Crippen molar-refractivity contribution in [3.8, 4) is 0 Å². The second-order valence-corrected chi connectivity index (χ2v) is 7.37. The zero-order chi connectivity index (χ0) is 13.7. The van der Waals surface area contributed by atoms with Crippen LogP contribution < -0.4 is 5.73 Å². The SMILES string of the molecule is CCC1CCC(c2nc(N)c3c4c(sc3n2)CCC4)C1. The van der Waals surface area contributed by atoms with E-state index in [1.165, 1.54) is 49.0 Å². The Labute approximate surface area is 123 Å². The van der Waals surface area contributed by atoms with E-state index in [4.69, 9.17) is 10.7 Å². The van der Waals surface area contributed by atoms with Crippen LogP contribution in [0.5, 0.6) is 0 Å². The Bertz CT molecular complexity index is 661. The molecule has 0 bridgehead atoms. The minimum absolute atomic E-state index is 0.531. The maximum atomic E-state index is 6.26. The van der Waals surface area contributed by atoms with Crippen LogP contribution in [-0.4, -0.2) is 9.97 Å². The van der Waals surface area contributed by atoms with Crippen LogP contribution in [0.15, 0.2) is 0 Å². The third-order valence-corrected chi connectivity index (χ3v) is 6.28. The molecule has 2 aromatic heterocycles. The van der Waals surface area contributed by atoms with Gasteiger partial charge in [-0.2, -0.15) is 0 Å². The monoisotopic (exact) mass is 287 g/mol. The number of nitrogens with zero attached hydrogens (tertiary/aromatic N) is 2. The highest BCUT2D eigenvalue weighted by Gasteiger charge is 2.28. The van der Waals surface area contributed by atoms with Crippen molar-refractivity contribution < 1.29 is 0 Å². The van der Waals surface area contributed by atoms with Crippen molar-refractivity contribution in [3.05, 3.63) is 16.3 Å². The van der Waals surface area contributed by atoms with Gasteiger partial charge in [0.15, 0.2) is 0 Å². The topological polar surface area (TPSA) is 51.8 Å². The molecule has 2 unspecified atom stereocenters. The number of hydrogen-bond donors (Lipinski definition) is 1. The van der Waals surface area contributed by atoms with Gasteiger partial charge < -0.3 is 5.73 Å². The molecule has 0 aromatic carbocycles. The van der Waals surface area contributed by atoms with Crippen LogP contribution in [0, 0.1) is 5.92 Å². The predicted molar refractivity (Wildman–Crippen MR) is 84.2 cm³/mol. The molecule has 3 nitrogen and oxygen atoms in total. The number of nitrogen functional groups attached to an aromatic ring is 1. The quantitative estimate of drug-likeness (QED) is 0.906. The van der Waals surface area contributed by atoms with Gasteiger partial charge in [-0.25, -0.2) is 9.97 Å². The Morgan fingerprint density at radius 1 is 1.25 bits per heavy atom. The Kier molecular flexibility index (Phi) is 2.95. The first-order valence-corrected chi connectivity index (χ1v) is 8.65. The van der Waals surface area contributed by atoms with E-state index in [1.54, 1.807) is 0 Å². The second kappa shape index (κ2) is 4.69. The molecule has 2 heterocycles. The fourth-order valence-corrected chi connectivity index (χ4v) is 5.18. The van der Waals surface area contributed by atoms with E-state index in [1.807, 2.05) is 11.3 Å². The average molecular weight is 287 g/mol. The van der Waals surface area contributed by atoms with Crippen LogP contribution in [0.1, 0.15) is 61.2 Å². The van der Waals surface area contributed by atoms with E-state index in [2.05, 4.69) is 11.9 Å². The highest BCUT2D eigenvalue weighted by Crippen LogP contribution is 2.42. The molecule has 4 rings (SSSR count). The summed E-state index contributed by atoms with van der Waals surface area (Å²) in [4.78, 5) is 12.2. The summed E-state index contributed by atoms with van der Waals surface area (Å²) in [6.07, 6.45) is 8.70. The molecule has 4 heteroatoms. The van der Waals surface area contributed by atoms with Crippen LogP contribution in [0.4, 0.5) is 5.82 Å². The van der Waals surface area contributed by atoms with Gasteiger partial charge in [0.25, 0.3) is 0 Å². The van der Waals surface area contributed by atoms with Gasteiger partial charge in [0.05, 0.1) is 5.39 Å². The number of thiophene rings is 1. The molecule has 2 N–H and O–H groups in total. The molecule has 2 aliphatic carbocycles. The zero-order valence-electron chi connectivity index (χ0n) is 12.0. The lowest BCUT2D eigenvalue weighted by atomic mass is 10.0. The van der Waals surface area contributed by atoms with Crippen molar-refractivity contribution in [1.29, 1.82) is 0 Å². The molecule has 106 valence electrons. The third kappa shape index (κ3) is 1.85. The number of aromatic nitrogens is 2. The van der Waals surface area contributed by atoms with Gasteiger partial charge >= 0.3 is 0 Å². The van der Waals surface area contributed by atoms with Crippen LogP contribution in [0.25, 0.3) is 10.2 Å². The lowest BCUT2D eigenvalue weighted by Crippen LogP contribution is -2.05. The standard InChI is InChI=1S/C16H21N3S/c1-2-9-6-7-10(8-9)15-18-14(17)13-11-4-3-5-12(11)20-16(13)19-15/h9-10H,2-8H2,1H3,(H2,17,18,19). The molecule has 0 saturated heterocycles. The van der Waals surface area contributed by atoms with Crippen LogP contribution in [-0.2, 0) is 12.8 Å². The number of fused-ring (bicyclic) bond motifs is 3. The largest absolute Gasteiger partial charge is 0.383 e. The van der Waals surface area contributed by atoms with Gasteiger partial charge in [-0.05, 0) is 50.0 Å². The number of nitrogens with two attached hydrogens (primary N) is 1. The molecule has 0 aliphatic heterocycles. The predicted octanol–water partition coefficient (Wildman–Crippen LogP) is 4.06. The Hall–Kier alpha value is -1.16. The van der Waals surface area contributed by atoms with Crippen LogP contribution in [0.2, 0.25) is 0 Å². The van der Waals surface area contributed by atoms with Crippen molar-refractivity contribution in [1.82, 2.24) is 9.97 Å². The molecule has 0 radical (unpaired) electrons. The summed E-state index contributed by atoms with van der Waals surface area (Å²) >= 11 is 1.85. The van der Waals surface area contributed by atoms with Crippen molar-refractivity contribution in [2.24, 2.45) is 5.92 Å². The summed E-state index contributed by atoms with van der Waals surface area (Å²) in [5.41, 5.74) is 7.70. The minimum Gasteiger partial charge on any atom is -0.383 e. The first-order valence-electron chi connectivity index (χ1n) is 7.84. The van der Waals surface area contributed by atoms with E-state index in [0.717, 1.165) is 34.2 Å². The average Bonchev–Trinajstić information content (AvgIpc) is 3.12. The zero-order valence-corrected chi connectivity index (χ0v) is 12.8. The summed E-state index contributed by atoms with van der Waals surface area (Å²) in [6.45, 7) is 2.29. The van der Waals surface area contributed by atoms with Crippen LogP contribution >= 0.6 is 11.3 Å². The minimum atomic E-state index is 0.531.